The maximum Gasteiger partial charge on any atom is 0.254 e. The van der Waals surface area contributed by atoms with Crippen LogP contribution >= 0.6 is 0 Å². The number of fused-ring (bicyclic) bond motifs is 1. The maximum absolute atomic E-state index is 13.1. The van der Waals surface area contributed by atoms with Crippen molar-refractivity contribution in [3.8, 4) is 17.4 Å². The Morgan fingerprint density at radius 2 is 1.73 bits per heavy atom. The molecule has 1 aliphatic rings. The lowest BCUT2D eigenvalue weighted by Gasteiger charge is -2.29. The third-order valence-corrected chi connectivity index (χ3v) is 5.22. The van der Waals surface area contributed by atoms with Gasteiger partial charge in [-0.3, -0.25) is 4.79 Å². The smallest absolute Gasteiger partial charge is 0.254 e. The van der Waals surface area contributed by atoms with Crippen LogP contribution in [0, 0.1) is 0 Å². The van der Waals surface area contributed by atoms with Gasteiger partial charge in [0.25, 0.3) is 5.91 Å². The van der Waals surface area contributed by atoms with Crippen molar-refractivity contribution < 1.29 is 19.0 Å². The highest BCUT2D eigenvalue weighted by Crippen LogP contribution is 2.33. The van der Waals surface area contributed by atoms with E-state index in [9.17, 15) is 4.79 Å². The first kappa shape index (κ1) is 19.8. The van der Waals surface area contributed by atoms with Gasteiger partial charge in [0, 0.05) is 30.9 Å². The van der Waals surface area contributed by atoms with E-state index in [2.05, 4.69) is 4.98 Å². The Balaban J connectivity index is 1.47. The molecule has 0 saturated heterocycles. The van der Waals surface area contributed by atoms with E-state index in [0.29, 0.717) is 42.6 Å². The number of hydrogen-bond donors (Lipinski definition) is 0. The maximum atomic E-state index is 13.1. The normalized spacial score (nSPS) is 12.8. The second-order valence-electron chi connectivity index (χ2n) is 7.11. The quantitative estimate of drug-likeness (QED) is 0.624. The third kappa shape index (κ3) is 4.22. The van der Waals surface area contributed by atoms with Gasteiger partial charge in [-0.05, 0) is 41.3 Å². The fourth-order valence-electron chi connectivity index (χ4n) is 3.59. The standard InChI is InChI=1S/C24H24N2O4/c1-28-21-12-18-9-11-26(15-20(18)13-22(21)29-2)24(27)19-8-10-25-23(14-19)30-16-17-6-4-3-5-7-17/h3-8,10,12-14H,9,11,15-16H2,1-2H3. The van der Waals surface area contributed by atoms with Crippen LogP contribution in [-0.2, 0) is 19.6 Å². The van der Waals surface area contributed by atoms with Gasteiger partial charge < -0.3 is 19.1 Å². The van der Waals surface area contributed by atoms with E-state index < -0.39 is 0 Å². The van der Waals surface area contributed by atoms with Crippen LogP contribution in [0.2, 0.25) is 0 Å². The van der Waals surface area contributed by atoms with Crippen molar-refractivity contribution in [2.45, 2.75) is 19.6 Å². The van der Waals surface area contributed by atoms with Crippen molar-refractivity contribution >= 4 is 5.91 Å². The molecule has 1 aromatic heterocycles. The molecule has 1 aliphatic heterocycles. The first-order valence-electron chi connectivity index (χ1n) is 9.83. The lowest BCUT2D eigenvalue weighted by Crippen LogP contribution is -2.36. The molecule has 0 atom stereocenters. The van der Waals surface area contributed by atoms with Gasteiger partial charge in [0.1, 0.15) is 6.61 Å². The van der Waals surface area contributed by atoms with Gasteiger partial charge in [-0.15, -0.1) is 0 Å². The minimum Gasteiger partial charge on any atom is -0.493 e. The first-order valence-corrected chi connectivity index (χ1v) is 9.83. The second-order valence-corrected chi connectivity index (χ2v) is 7.11. The molecule has 0 unspecified atom stereocenters. The van der Waals surface area contributed by atoms with Crippen LogP contribution < -0.4 is 14.2 Å². The molecule has 30 heavy (non-hydrogen) atoms. The van der Waals surface area contributed by atoms with Gasteiger partial charge in [0.2, 0.25) is 5.88 Å². The zero-order valence-electron chi connectivity index (χ0n) is 17.1. The Kier molecular flexibility index (Phi) is 5.84. The van der Waals surface area contributed by atoms with Crippen LogP contribution in [0.15, 0.2) is 60.8 Å². The van der Waals surface area contributed by atoms with Crippen molar-refractivity contribution in [2.24, 2.45) is 0 Å². The Labute approximate surface area is 176 Å². The largest absolute Gasteiger partial charge is 0.493 e. The lowest BCUT2D eigenvalue weighted by molar-refractivity contribution is 0.0733. The number of hydrogen-bond acceptors (Lipinski definition) is 5. The van der Waals surface area contributed by atoms with E-state index in [1.807, 2.05) is 47.4 Å². The molecular weight excluding hydrogens is 380 g/mol. The minimum atomic E-state index is -0.0394. The van der Waals surface area contributed by atoms with E-state index >= 15 is 0 Å². The van der Waals surface area contributed by atoms with E-state index in [-0.39, 0.29) is 5.91 Å². The molecule has 4 rings (SSSR count). The molecular formula is C24H24N2O4. The molecule has 6 heteroatoms. The predicted octanol–water partition coefficient (Wildman–Crippen LogP) is 3.88. The van der Waals surface area contributed by atoms with Crippen molar-refractivity contribution in [3.63, 3.8) is 0 Å². The lowest BCUT2D eigenvalue weighted by atomic mass is 9.98. The number of methoxy groups -OCH3 is 2. The van der Waals surface area contributed by atoms with Crippen molar-refractivity contribution in [2.75, 3.05) is 20.8 Å². The number of nitrogens with zero attached hydrogens (tertiary/aromatic N) is 2. The summed E-state index contributed by atoms with van der Waals surface area (Å²) in [5.74, 6) is 1.78. The number of aromatic nitrogens is 1. The molecule has 1 amide bonds. The van der Waals surface area contributed by atoms with Crippen molar-refractivity contribution in [1.82, 2.24) is 9.88 Å². The monoisotopic (exact) mass is 404 g/mol. The van der Waals surface area contributed by atoms with Crippen LogP contribution in [0.1, 0.15) is 27.0 Å². The third-order valence-electron chi connectivity index (χ3n) is 5.22. The number of pyridine rings is 1. The van der Waals surface area contributed by atoms with Gasteiger partial charge in [0.05, 0.1) is 14.2 Å². The Bertz CT molecular complexity index is 1040. The highest BCUT2D eigenvalue weighted by Gasteiger charge is 2.24. The molecule has 6 nitrogen and oxygen atoms in total. The first-order chi connectivity index (χ1) is 14.7. The Morgan fingerprint density at radius 1 is 1.00 bits per heavy atom. The fourth-order valence-corrected chi connectivity index (χ4v) is 3.59. The molecule has 0 N–H and O–H groups in total. The topological polar surface area (TPSA) is 60.9 Å². The van der Waals surface area contributed by atoms with Crippen molar-refractivity contribution in [3.05, 3.63) is 83.0 Å². The van der Waals surface area contributed by atoms with Gasteiger partial charge in [-0.25, -0.2) is 4.98 Å². The molecule has 2 heterocycles. The SMILES string of the molecule is COc1cc2c(cc1OC)CN(C(=O)c1ccnc(OCc3ccccc3)c1)CC2. The average molecular weight is 404 g/mol. The average Bonchev–Trinajstić information content (AvgIpc) is 2.81. The van der Waals surface area contributed by atoms with Gasteiger partial charge >= 0.3 is 0 Å². The summed E-state index contributed by atoms with van der Waals surface area (Å²) in [5.41, 5.74) is 3.87. The number of amides is 1. The predicted molar refractivity (Wildman–Crippen MR) is 113 cm³/mol. The van der Waals surface area contributed by atoms with Crippen LogP contribution in [0.25, 0.3) is 0 Å². The summed E-state index contributed by atoms with van der Waals surface area (Å²) in [6.07, 6.45) is 2.38. The minimum absolute atomic E-state index is 0.0394. The van der Waals surface area contributed by atoms with E-state index in [4.69, 9.17) is 14.2 Å². The number of ether oxygens (including phenoxy) is 3. The Hall–Kier alpha value is -3.54. The highest BCUT2D eigenvalue weighted by atomic mass is 16.5. The van der Waals surface area contributed by atoms with Crippen LogP contribution in [0.3, 0.4) is 0 Å². The van der Waals surface area contributed by atoms with E-state index in [1.54, 1.807) is 32.5 Å². The van der Waals surface area contributed by atoms with Gasteiger partial charge in [-0.1, -0.05) is 30.3 Å². The molecule has 2 aromatic carbocycles. The van der Waals surface area contributed by atoms with E-state index in [1.165, 1.54) is 5.56 Å². The Morgan fingerprint density at radius 3 is 2.47 bits per heavy atom. The summed E-state index contributed by atoms with van der Waals surface area (Å²) < 4.78 is 16.6. The summed E-state index contributed by atoms with van der Waals surface area (Å²) in [5, 5.41) is 0. The van der Waals surface area contributed by atoms with Gasteiger partial charge in [0.15, 0.2) is 11.5 Å². The summed E-state index contributed by atoms with van der Waals surface area (Å²) in [7, 11) is 3.24. The zero-order valence-corrected chi connectivity index (χ0v) is 17.1. The molecule has 0 spiro atoms. The molecule has 0 radical (unpaired) electrons. The molecule has 0 fully saturated rings. The number of carbonyl (C=O) groups is 1. The molecule has 0 bridgehead atoms. The van der Waals surface area contributed by atoms with Crippen LogP contribution in [0.4, 0.5) is 0 Å². The molecule has 3 aromatic rings. The van der Waals surface area contributed by atoms with Crippen molar-refractivity contribution in [1.29, 1.82) is 0 Å². The van der Waals surface area contributed by atoms with Gasteiger partial charge in [-0.2, -0.15) is 0 Å². The summed E-state index contributed by atoms with van der Waals surface area (Å²) in [4.78, 5) is 19.2. The number of benzene rings is 2. The van der Waals surface area contributed by atoms with E-state index in [0.717, 1.165) is 17.5 Å². The molecule has 0 saturated carbocycles. The van der Waals surface area contributed by atoms with Crippen LogP contribution in [0.5, 0.6) is 17.4 Å². The highest BCUT2D eigenvalue weighted by molar-refractivity contribution is 5.94. The number of rotatable bonds is 6. The summed E-state index contributed by atoms with van der Waals surface area (Å²) in [6, 6.07) is 17.2. The molecule has 0 aliphatic carbocycles. The number of carbonyl (C=O) groups excluding carboxylic acids is 1. The summed E-state index contributed by atoms with van der Waals surface area (Å²) >= 11 is 0. The summed E-state index contributed by atoms with van der Waals surface area (Å²) in [6.45, 7) is 1.57. The molecule has 154 valence electrons. The zero-order chi connectivity index (χ0) is 20.9. The van der Waals surface area contributed by atoms with Crippen LogP contribution in [-0.4, -0.2) is 36.6 Å². The fraction of sp³-hybridized carbons (Fsp3) is 0.250. The second kappa shape index (κ2) is 8.86.